The summed E-state index contributed by atoms with van der Waals surface area (Å²) in [6.07, 6.45) is 0.643. The minimum absolute atomic E-state index is 0.165. The molecule has 0 saturated carbocycles. The second-order valence-corrected chi connectivity index (χ2v) is 6.92. The number of rotatable bonds is 2. The number of nitrogen functional groups attached to an aromatic ring is 1. The van der Waals surface area contributed by atoms with Crippen molar-refractivity contribution in [1.29, 1.82) is 0 Å². The molecule has 0 saturated heterocycles. The highest BCUT2D eigenvalue weighted by molar-refractivity contribution is 7.89. The molecule has 3 rings (SSSR count). The van der Waals surface area contributed by atoms with Crippen LogP contribution in [-0.2, 0) is 23.0 Å². The topological polar surface area (TPSA) is 63.4 Å². The van der Waals surface area contributed by atoms with E-state index in [4.69, 9.17) is 5.73 Å². The Morgan fingerprint density at radius 2 is 1.76 bits per heavy atom. The molecule has 2 aromatic carbocycles. The molecule has 2 N–H and O–H groups in total. The van der Waals surface area contributed by atoms with Gasteiger partial charge in [-0.2, -0.15) is 4.31 Å². The first kappa shape index (κ1) is 14.0. The van der Waals surface area contributed by atoms with Gasteiger partial charge in [-0.05, 0) is 29.7 Å². The highest BCUT2D eigenvalue weighted by Gasteiger charge is 2.30. The lowest BCUT2D eigenvalue weighted by Gasteiger charge is -2.28. The summed E-state index contributed by atoms with van der Waals surface area (Å²) in [5.74, 6) is -0.714. The van der Waals surface area contributed by atoms with Crippen molar-refractivity contribution in [3.8, 4) is 0 Å². The predicted molar refractivity (Wildman–Crippen MR) is 78.6 cm³/mol. The Bertz CT molecular complexity index is 790. The number of sulfonamides is 1. The average molecular weight is 306 g/mol. The summed E-state index contributed by atoms with van der Waals surface area (Å²) in [6.45, 7) is 0.657. The molecular weight excluding hydrogens is 291 g/mol. The van der Waals surface area contributed by atoms with Crippen LogP contribution in [0.3, 0.4) is 0 Å². The zero-order chi connectivity index (χ0) is 15.0. The maximum Gasteiger partial charge on any atom is 0.245 e. The zero-order valence-corrected chi connectivity index (χ0v) is 12.1. The van der Waals surface area contributed by atoms with Gasteiger partial charge in [-0.3, -0.25) is 0 Å². The molecule has 0 spiro atoms. The summed E-state index contributed by atoms with van der Waals surface area (Å²) in [5, 5.41) is 0. The third-order valence-corrected chi connectivity index (χ3v) is 5.63. The van der Waals surface area contributed by atoms with Gasteiger partial charge in [-0.1, -0.05) is 30.3 Å². The molecule has 0 aromatic heterocycles. The zero-order valence-electron chi connectivity index (χ0n) is 11.3. The van der Waals surface area contributed by atoms with E-state index in [0.717, 1.165) is 17.2 Å². The fourth-order valence-electron chi connectivity index (χ4n) is 2.56. The van der Waals surface area contributed by atoms with Gasteiger partial charge in [0.25, 0.3) is 0 Å². The minimum atomic E-state index is -3.79. The predicted octanol–water partition coefficient (Wildman–Crippen LogP) is 2.15. The number of para-hydroxylation sites is 1. The number of nitrogens with two attached hydrogens (primary N) is 1. The summed E-state index contributed by atoms with van der Waals surface area (Å²) in [6, 6.07) is 11.6. The molecule has 1 aliphatic heterocycles. The lowest BCUT2D eigenvalue weighted by atomic mass is 10.0. The molecule has 6 heteroatoms. The number of nitrogens with zero attached hydrogens (tertiary/aromatic N) is 1. The fraction of sp³-hybridized carbons (Fsp3) is 0.200. The normalized spacial score (nSPS) is 15.7. The number of hydrogen-bond donors (Lipinski definition) is 1. The van der Waals surface area contributed by atoms with E-state index in [1.54, 1.807) is 0 Å². The molecule has 4 nitrogen and oxygen atoms in total. The van der Waals surface area contributed by atoms with Crippen molar-refractivity contribution in [1.82, 2.24) is 4.31 Å². The van der Waals surface area contributed by atoms with Crippen LogP contribution >= 0.6 is 0 Å². The second kappa shape index (κ2) is 5.13. The van der Waals surface area contributed by atoms with Crippen LogP contribution in [0.1, 0.15) is 11.1 Å². The van der Waals surface area contributed by atoms with E-state index in [0.29, 0.717) is 13.0 Å². The van der Waals surface area contributed by atoms with Gasteiger partial charge in [0.2, 0.25) is 10.0 Å². The Morgan fingerprint density at radius 1 is 1.05 bits per heavy atom. The average Bonchev–Trinajstić information content (AvgIpc) is 2.49. The first-order valence-corrected chi connectivity index (χ1v) is 8.05. The number of fused-ring (bicyclic) bond motifs is 1. The standard InChI is InChI=1S/C15H15FN2O2S/c16-13-6-3-7-14(15(13)17)21(19,20)18-9-8-11-4-1-2-5-12(11)10-18/h1-7H,8-10,17H2. The van der Waals surface area contributed by atoms with Gasteiger partial charge in [-0.15, -0.1) is 0 Å². The van der Waals surface area contributed by atoms with E-state index < -0.39 is 15.8 Å². The molecular formula is C15H15FN2O2S. The van der Waals surface area contributed by atoms with Gasteiger partial charge in [0.05, 0.1) is 5.69 Å². The van der Waals surface area contributed by atoms with Crippen molar-refractivity contribution in [2.45, 2.75) is 17.9 Å². The smallest absolute Gasteiger partial charge is 0.245 e. The molecule has 0 atom stereocenters. The molecule has 1 heterocycles. The maximum absolute atomic E-state index is 13.5. The molecule has 0 unspecified atom stereocenters. The van der Waals surface area contributed by atoms with Crippen LogP contribution in [0.25, 0.3) is 0 Å². The van der Waals surface area contributed by atoms with E-state index in [1.807, 2.05) is 24.3 Å². The first-order chi connectivity index (χ1) is 10.00. The number of anilines is 1. The van der Waals surface area contributed by atoms with Crippen LogP contribution in [0.2, 0.25) is 0 Å². The highest BCUT2D eigenvalue weighted by Crippen LogP contribution is 2.28. The Labute approximate surface area is 123 Å². The van der Waals surface area contributed by atoms with E-state index in [9.17, 15) is 12.8 Å². The van der Waals surface area contributed by atoms with Crippen LogP contribution in [-0.4, -0.2) is 19.3 Å². The number of hydrogen-bond acceptors (Lipinski definition) is 3. The third kappa shape index (κ3) is 2.41. The van der Waals surface area contributed by atoms with Crippen LogP contribution < -0.4 is 5.73 Å². The Hall–Kier alpha value is -1.92. The SMILES string of the molecule is Nc1c(F)cccc1S(=O)(=O)N1CCc2ccccc2C1. The Kier molecular flexibility index (Phi) is 3.43. The van der Waals surface area contributed by atoms with E-state index in [2.05, 4.69) is 0 Å². The fourth-order valence-corrected chi connectivity index (χ4v) is 4.10. The van der Waals surface area contributed by atoms with Crippen LogP contribution in [0.15, 0.2) is 47.4 Å². The van der Waals surface area contributed by atoms with E-state index >= 15 is 0 Å². The number of halogens is 1. The van der Waals surface area contributed by atoms with Gasteiger partial charge >= 0.3 is 0 Å². The lowest BCUT2D eigenvalue weighted by molar-refractivity contribution is 0.391. The Balaban J connectivity index is 1.99. The molecule has 21 heavy (non-hydrogen) atoms. The second-order valence-electron chi connectivity index (χ2n) is 5.01. The third-order valence-electron chi connectivity index (χ3n) is 3.73. The molecule has 0 aliphatic carbocycles. The molecule has 0 amide bonds. The van der Waals surface area contributed by atoms with Gasteiger partial charge in [-0.25, -0.2) is 12.8 Å². The molecule has 2 aromatic rings. The van der Waals surface area contributed by atoms with Crippen molar-refractivity contribution >= 4 is 15.7 Å². The molecule has 0 radical (unpaired) electrons. The van der Waals surface area contributed by atoms with Crippen LogP contribution in [0.5, 0.6) is 0 Å². The first-order valence-electron chi connectivity index (χ1n) is 6.61. The molecule has 110 valence electrons. The summed E-state index contributed by atoms with van der Waals surface area (Å²) in [7, 11) is -3.79. The number of benzene rings is 2. The van der Waals surface area contributed by atoms with Crippen molar-refractivity contribution in [2.24, 2.45) is 0 Å². The largest absolute Gasteiger partial charge is 0.395 e. The molecule has 0 fully saturated rings. The van der Waals surface area contributed by atoms with E-state index in [-0.39, 0.29) is 17.1 Å². The molecule has 1 aliphatic rings. The molecule has 0 bridgehead atoms. The van der Waals surface area contributed by atoms with Gasteiger partial charge in [0.15, 0.2) is 0 Å². The van der Waals surface area contributed by atoms with Crippen LogP contribution in [0.4, 0.5) is 10.1 Å². The quantitative estimate of drug-likeness (QED) is 0.865. The van der Waals surface area contributed by atoms with Crippen molar-refractivity contribution in [3.05, 3.63) is 59.4 Å². The summed E-state index contributed by atoms with van der Waals surface area (Å²) in [5.41, 5.74) is 7.39. The maximum atomic E-state index is 13.5. The van der Waals surface area contributed by atoms with Crippen molar-refractivity contribution < 1.29 is 12.8 Å². The monoisotopic (exact) mass is 306 g/mol. The lowest BCUT2D eigenvalue weighted by Crippen LogP contribution is -2.36. The van der Waals surface area contributed by atoms with Crippen LogP contribution in [0, 0.1) is 5.82 Å². The minimum Gasteiger partial charge on any atom is -0.395 e. The summed E-state index contributed by atoms with van der Waals surface area (Å²) in [4.78, 5) is -0.165. The summed E-state index contributed by atoms with van der Waals surface area (Å²) < 4.78 is 40.2. The van der Waals surface area contributed by atoms with Gasteiger partial charge < -0.3 is 5.73 Å². The van der Waals surface area contributed by atoms with Crippen molar-refractivity contribution in [3.63, 3.8) is 0 Å². The Morgan fingerprint density at radius 3 is 2.52 bits per heavy atom. The van der Waals surface area contributed by atoms with E-state index in [1.165, 1.54) is 16.4 Å². The van der Waals surface area contributed by atoms with Gasteiger partial charge in [0.1, 0.15) is 10.7 Å². The highest BCUT2D eigenvalue weighted by atomic mass is 32.2. The van der Waals surface area contributed by atoms with Crippen molar-refractivity contribution in [2.75, 3.05) is 12.3 Å². The van der Waals surface area contributed by atoms with Gasteiger partial charge in [0, 0.05) is 13.1 Å². The summed E-state index contributed by atoms with van der Waals surface area (Å²) >= 11 is 0.